The molecule has 0 bridgehead atoms. The average molecular weight is 391 g/mol. The quantitative estimate of drug-likeness (QED) is 0.780. The standard InChI is InChI=1S/C18H15ClN2O4S/c1-10-12(19)3-2-4-13(10)20-16(22)8-25-18(24)11-5-6-15-14(7-11)21-17(23)9-26-15/h2-7H,8-9H2,1H3,(H,20,22)(H,21,23). The number of anilines is 2. The molecule has 2 amide bonds. The van der Waals surface area contributed by atoms with Crippen molar-refractivity contribution >= 4 is 52.5 Å². The van der Waals surface area contributed by atoms with Crippen LogP contribution in [0.4, 0.5) is 11.4 Å². The first-order chi connectivity index (χ1) is 12.4. The molecule has 0 fully saturated rings. The van der Waals surface area contributed by atoms with E-state index in [1.165, 1.54) is 11.8 Å². The maximum absolute atomic E-state index is 12.1. The number of ether oxygens (including phenoxy) is 1. The van der Waals surface area contributed by atoms with E-state index in [1.807, 2.05) is 0 Å². The molecule has 26 heavy (non-hydrogen) atoms. The summed E-state index contributed by atoms with van der Waals surface area (Å²) in [4.78, 5) is 36.5. The van der Waals surface area contributed by atoms with Crippen molar-refractivity contribution in [2.75, 3.05) is 23.0 Å². The lowest BCUT2D eigenvalue weighted by Crippen LogP contribution is -2.22. The molecule has 1 heterocycles. The predicted molar refractivity (Wildman–Crippen MR) is 101 cm³/mol. The summed E-state index contributed by atoms with van der Waals surface area (Å²) in [6.45, 7) is 1.35. The zero-order chi connectivity index (χ0) is 18.7. The van der Waals surface area contributed by atoms with Crippen LogP contribution in [-0.2, 0) is 14.3 Å². The van der Waals surface area contributed by atoms with Crippen molar-refractivity contribution in [1.29, 1.82) is 0 Å². The molecule has 0 unspecified atom stereocenters. The number of esters is 1. The molecule has 0 aliphatic carbocycles. The number of thioether (sulfide) groups is 1. The van der Waals surface area contributed by atoms with Crippen molar-refractivity contribution in [2.24, 2.45) is 0 Å². The second kappa shape index (κ2) is 7.80. The fourth-order valence-corrected chi connectivity index (χ4v) is 3.32. The van der Waals surface area contributed by atoms with E-state index in [4.69, 9.17) is 16.3 Å². The molecule has 2 N–H and O–H groups in total. The third-order valence-electron chi connectivity index (χ3n) is 3.72. The van der Waals surface area contributed by atoms with Gasteiger partial charge in [0.2, 0.25) is 5.91 Å². The third-order valence-corrected chi connectivity index (χ3v) is 5.21. The molecule has 0 saturated heterocycles. The molecule has 0 aromatic heterocycles. The number of amides is 2. The topological polar surface area (TPSA) is 84.5 Å². The monoisotopic (exact) mass is 390 g/mol. The van der Waals surface area contributed by atoms with E-state index in [2.05, 4.69) is 10.6 Å². The second-order valence-corrected chi connectivity index (χ2v) is 7.01. The van der Waals surface area contributed by atoms with Crippen molar-refractivity contribution in [2.45, 2.75) is 11.8 Å². The van der Waals surface area contributed by atoms with Crippen LogP contribution in [0.2, 0.25) is 5.02 Å². The lowest BCUT2D eigenvalue weighted by atomic mass is 10.2. The molecule has 0 spiro atoms. The van der Waals surface area contributed by atoms with Gasteiger partial charge in [-0.1, -0.05) is 17.7 Å². The normalized spacial score (nSPS) is 12.8. The van der Waals surface area contributed by atoms with E-state index in [1.54, 1.807) is 43.3 Å². The number of carbonyl (C=O) groups is 3. The minimum Gasteiger partial charge on any atom is -0.452 e. The van der Waals surface area contributed by atoms with E-state index < -0.39 is 18.5 Å². The summed E-state index contributed by atoms with van der Waals surface area (Å²) < 4.78 is 5.05. The second-order valence-electron chi connectivity index (χ2n) is 5.58. The fraction of sp³-hybridized carbons (Fsp3) is 0.167. The van der Waals surface area contributed by atoms with E-state index in [-0.39, 0.29) is 11.5 Å². The van der Waals surface area contributed by atoms with Gasteiger partial charge in [0.1, 0.15) is 0 Å². The Morgan fingerprint density at radius 2 is 2.12 bits per heavy atom. The van der Waals surface area contributed by atoms with Gasteiger partial charge in [-0.2, -0.15) is 0 Å². The summed E-state index contributed by atoms with van der Waals surface area (Å²) in [6, 6.07) is 10.0. The zero-order valence-electron chi connectivity index (χ0n) is 13.8. The molecular weight excluding hydrogens is 376 g/mol. The average Bonchev–Trinajstić information content (AvgIpc) is 2.63. The minimum atomic E-state index is -0.643. The highest BCUT2D eigenvalue weighted by atomic mass is 35.5. The Hall–Kier alpha value is -2.51. The van der Waals surface area contributed by atoms with Gasteiger partial charge < -0.3 is 15.4 Å². The molecule has 134 valence electrons. The summed E-state index contributed by atoms with van der Waals surface area (Å²) in [5.74, 6) is -0.884. The lowest BCUT2D eigenvalue weighted by molar-refractivity contribution is -0.119. The van der Waals surface area contributed by atoms with Crippen molar-refractivity contribution in [3.05, 3.63) is 52.5 Å². The van der Waals surface area contributed by atoms with E-state index in [9.17, 15) is 14.4 Å². The molecule has 2 aromatic carbocycles. The van der Waals surface area contributed by atoms with Gasteiger partial charge in [-0.3, -0.25) is 9.59 Å². The van der Waals surface area contributed by atoms with Gasteiger partial charge in [0.05, 0.1) is 17.0 Å². The van der Waals surface area contributed by atoms with E-state index >= 15 is 0 Å². The Morgan fingerprint density at radius 3 is 2.92 bits per heavy atom. The van der Waals surface area contributed by atoms with Crippen molar-refractivity contribution in [1.82, 2.24) is 0 Å². The summed E-state index contributed by atoms with van der Waals surface area (Å²) in [5, 5.41) is 5.89. The maximum atomic E-state index is 12.1. The molecule has 0 radical (unpaired) electrons. The first-order valence-electron chi connectivity index (χ1n) is 7.73. The Labute approximate surface area is 159 Å². The molecule has 2 aromatic rings. The molecule has 3 rings (SSSR count). The fourth-order valence-electron chi connectivity index (χ4n) is 2.35. The zero-order valence-corrected chi connectivity index (χ0v) is 15.4. The summed E-state index contributed by atoms with van der Waals surface area (Å²) in [5.41, 5.74) is 2.13. The number of benzene rings is 2. The number of halogens is 1. The molecule has 6 nitrogen and oxygen atoms in total. The number of hydrogen-bond acceptors (Lipinski definition) is 5. The van der Waals surface area contributed by atoms with Crippen LogP contribution in [0.15, 0.2) is 41.3 Å². The van der Waals surface area contributed by atoms with Gasteiger partial charge in [-0.25, -0.2) is 4.79 Å². The maximum Gasteiger partial charge on any atom is 0.338 e. The van der Waals surface area contributed by atoms with Crippen LogP contribution in [-0.4, -0.2) is 30.1 Å². The lowest BCUT2D eigenvalue weighted by Gasteiger charge is -2.16. The van der Waals surface area contributed by atoms with Gasteiger partial charge >= 0.3 is 5.97 Å². The molecule has 0 atom stereocenters. The number of rotatable bonds is 4. The van der Waals surface area contributed by atoms with E-state index in [0.29, 0.717) is 22.2 Å². The van der Waals surface area contributed by atoms with Crippen LogP contribution in [0, 0.1) is 6.92 Å². The summed E-state index contributed by atoms with van der Waals surface area (Å²) in [7, 11) is 0. The highest BCUT2D eigenvalue weighted by Crippen LogP contribution is 2.32. The first kappa shape index (κ1) is 18.3. The van der Waals surface area contributed by atoms with Crippen LogP contribution >= 0.6 is 23.4 Å². The number of fused-ring (bicyclic) bond motifs is 1. The van der Waals surface area contributed by atoms with Crippen LogP contribution < -0.4 is 10.6 Å². The SMILES string of the molecule is Cc1c(Cl)cccc1NC(=O)COC(=O)c1ccc2c(c1)NC(=O)CS2. The Balaban J connectivity index is 1.60. The third kappa shape index (κ3) is 4.17. The Bertz CT molecular complexity index is 901. The van der Waals surface area contributed by atoms with Gasteiger partial charge in [-0.05, 0) is 42.8 Å². The molecule has 1 aliphatic heterocycles. The van der Waals surface area contributed by atoms with Gasteiger partial charge in [0, 0.05) is 15.6 Å². The van der Waals surface area contributed by atoms with Crippen molar-refractivity contribution < 1.29 is 19.1 Å². The Morgan fingerprint density at radius 1 is 1.31 bits per heavy atom. The molecule has 0 saturated carbocycles. The smallest absolute Gasteiger partial charge is 0.338 e. The number of carbonyl (C=O) groups excluding carboxylic acids is 3. The highest BCUT2D eigenvalue weighted by molar-refractivity contribution is 8.00. The number of nitrogens with one attached hydrogen (secondary N) is 2. The number of hydrogen-bond donors (Lipinski definition) is 2. The highest BCUT2D eigenvalue weighted by Gasteiger charge is 2.18. The van der Waals surface area contributed by atoms with Crippen LogP contribution in [0.25, 0.3) is 0 Å². The summed E-state index contributed by atoms with van der Waals surface area (Å²) in [6.07, 6.45) is 0. The van der Waals surface area contributed by atoms with Crippen LogP contribution in [0.1, 0.15) is 15.9 Å². The van der Waals surface area contributed by atoms with Crippen LogP contribution in [0.5, 0.6) is 0 Å². The van der Waals surface area contributed by atoms with Gasteiger partial charge in [0.25, 0.3) is 5.91 Å². The summed E-state index contributed by atoms with van der Waals surface area (Å²) >= 11 is 7.40. The van der Waals surface area contributed by atoms with Crippen LogP contribution in [0.3, 0.4) is 0 Å². The molecular formula is C18H15ClN2O4S. The van der Waals surface area contributed by atoms with Gasteiger partial charge in [-0.15, -0.1) is 11.8 Å². The van der Waals surface area contributed by atoms with Crippen molar-refractivity contribution in [3.8, 4) is 0 Å². The molecule has 1 aliphatic rings. The first-order valence-corrected chi connectivity index (χ1v) is 9.09. The van der Waals surface area contributed by atoms with Gasteiger partial charge in [0.15, 0.2) is 6.61 Å². The predicted octanol–water partition coefficient (Wildman–Crippen LogP) is 3.49. The minimum absolute atomic E-state index is 0.121. The largest absolute Gasteiger partial charge is 0.452 e. The molecule has 8 heteroatoms. The van der Waals surface area contributed by atoms with E-state index in [0.717, 1.165) is 10.5 Å². The van der Waals surface area contributed by atoms with Crippen molar-refractivity contribution in [3.63, 3.8) is 0 Å². The Kier molecular flexibility index (Phi) is 5.49.